The molecule has 0 fully saturated rings. The van der Waals surface area contributed by atoms with Gasteiger partial charge in [0.1, 0.15) is 0 Å². The number of hydrogen-bond acceptors (Lipinski definition) is 1. The van der Waals surface area contributed by atoms with Crippen molar-refractivity contribution in [3.63, 3.8) is 0 Å². The van der Waals surface area contributed by atoms with Crippen LogP contribution in [0.25, 0.3) is 17.3 Å². The van der Waals surface area contributed by atoms with Gasteiger partial charge in [-0.3, -0.25) is 0 Å². The molecule has 0 saturated carbocycles. The van der Waals surface area contributed by atoms with E-state index in [4.69, 9.17) is 18.6 Å². The van der Waals surface area contributed by atoms with Gasteiger partial charge in [-0.05, 0) is 46.3 Å². The van der Waals surface area contributed by atoms with E-state index in [0.717, 1.165) is 18.4 Å². The van der Waals surface area contributed by atoms with E-state index >= 15 is 0 Å². The number of hydrogen-bond donors (Lipinski definition) is 0. The van der Waals surface area contributed by atoms with Crippen molar-refractivity contribution in [3.05, 3.63) is 102 Å². The Hall–Kier alpha value is -1.42. The van der Waals surface area contributed by atoms with Crippen LogP contribution in [0.2, 0.25) is 0 Å². The van der Waals surface area contributed by atoms with Crippen molar-refractivity contribution in [2.45, 2.75) is 32.1 Å². The molecule has 0 unspecified atom stereocenters. The summed E-state index contributed by atoms with van der Waals surface area (Å²) in [6, 6.07) is 22.3. The third kappa shape index (κ3) is 5.69. The van der Waals surface area contributed by atoms with E-state index in [2.05, 4.69) is 100 Å². The number of nitrogens with zero attached hydrogens (tertiary/aromatic N) is 1. The molecule has 1 aliphatic carbocycles. The van der Waals surface area contributed by atoms with Gasteiger partial charge in [-0.1, -0.05) is 67.8 Å². The molecule has 1 aliphatic rings. The number of benzene rings is 3. The summed E-state index contributed by atoms with van der Waals surface area (Å²) < 4.78 is 0. The van der Waals surface area contributed by atoms with Crippen LogP contribution in [0.15, 0.2) is 60.7 Å². The molecule has 3 aromatic rings. The van der Waals surface area contributed by atoms with Crippen molar-refractivity contribution in [1.29, 1.82) is 0 Å². The fraction of sp³-hybridized carbons (Fsp3) is 0.269. The van der Waals surface area contributed by atoms with Crippen LogP contribution in [-0.4, -0.2) is 14.1 Å². The third-order valence-corrected chi connectivity index (χ3v) is 5.91. The van der Waals surface area contributed by atoms with Gasteiger partial charge in [0.05, 0.1) is 0 Å². The zero-order valence-corrected chi connectivity index (χ0v) is 21.7. The van der Waals surface area contributed by atoms with Crippen molar-refractivity contribution in [3.8, 4) is 11.1 Å². The minimum Gasteiger partial charge on any atom is -0.693 e. The van der Waals surface area contributed by atoms with Gasteiger partial charge >= 0.3 is 35.6 Å². The SMILES string of the molecule is [CH2-]c1cc(N(C)C)ccc1C(C)(C)Cc1cccc2c1Cc1ccccc1-2.[Cl][Ti][Cl].[NH2-]. The molecule has 164 valence electrons. The summed E-state index contributed by atoms with van der Waals surface area (Å²) in [5.41, 5.74) is 10.9. The first-order valence-corrected chi connectivity index (χ1v) is 14.4. The zero-order chi connectivity index (χ0) is 21.9. The monoisotopic (exact) mass is 488 g/mol. The maximum Gasteiger partial charge on any atom is -0.693 e. The van der Waals surface area contributed by atoms with Crippen LogP contribution in [-0.2, 0) is 35.3 Å². The van der Waals surface area contributed by atoms with Gasteiger partial charge in [0.15, 0.2) is 0 Å². The zero-order valence-electron chi connectivity index (χ0n) is 18.7. The van der Waals surface area contributed by atoms with E-state index in [0.29, 0.717) is 0 Å². The number of anilines is 1. The summed E-state index contributed by atoms with van der Waals surface area (Å²) in [4.78, 5) is 2.13. The quantitative estimate of drug-likeness (QED) is 0.211. The number of nitrogens with two attached hydrogens (primary N) is 1. The predicted molar refractivity (Wildman–Crippen MR) is 134 cm³/mol. The van der Waals surface area contributed by atoms with Crippen molar-refractivity contribution >= 4 is 24.3 Å². The molecule has 4 rings (SSSR count). The van der Waals surface area contributed by atoms with Crippen LogP contribution in [0, 0.1) is 6.92 Å². The Bertz CT molecular complexity index is 1030. The summed E-state index contributed by atoms with van der Waals surface area (Å²) in [6.07, 6.45) is 2.07. The minimum absolute atomic E-state index is 0. The molecule has 0 bridgehead atoms. The molecule has 2 N–H and O–H groups in total. The second-order valence-electron chi connectivity index (χ2n) is 8.65. The molecule has 3 aromatic carbocycles. The molecule has 0 atom stereocenters. The van der Waals surface area contributed by atoms with Crippen molar-refractivity contribution in [1.82, 2.24) is 0 Å². The van der Waals surface area contributed by atoms with Gasteiger partial charge in [0.2, 0.25) is 0 Å². The van der Waals surface area contributed by atoms with Crippen molar-refractivity contribution < 1.29 is 17.0 Å². The second kappa shape index (κ2) is 10.9. The molecular weight excluding hydrogens is 459 g/mol. The molecule has 0 aromatic heterocycles. The molecule has 2 nitrogen and oxygen atoms in total. The Kier molecular flexibility index (Phi) is 9.12. The standard InChI is InChI=1S/C26H28N.2ClH.H2N.Ti/c1-18-15-21(27(4)5)13-14-25(18)26(2,3)17-20-10-8-12-23-22-11-7-6-9-19(22)16-24(20)23;;;;/h6-15H,1,16-17H2,2-5H3;2*1H;1H2;/q-1;;;-1;+2/p-2. The maximum atomic E-state index is 4.89. The van der Waals surface area contributed by atoms with Crippen LogP contribution in [0.5, 0.6) is 0 Å². The first kappa shape index (κ1) is 25.8. The molecule has 0 radical (unpaired) electrons. The summed E-state index contributed by atoms with van der Waals surface area (Å²) in [5, 5.41) is 0. The number of halogens is 2. The molecule has 0 amide bonds. The summed E-state index contributed by atoms with van der Waals surface area (Å²) in [7, 11) is 13.9. The van der Waals surface area contributed by atoms with E-state index in [1.54, 1.807) is 0 Å². The summed E-state index contributed by atoms with van der Waals surface area (Å²) in [5.74, 6) is 0. The van der Waals surface area contributed by atoms with Crippen LogP contribution >= 0.6 is 18.6 Å². The van der Waals surface area contributed by atoms with Gasteiger partial charge < -0.3 is 11.1 Å². The molecule has 0 saturated heterocycles. The summed E-state index contributed by atoms with van der Waals surface area (Å²) in [6.45, 7) is 9.03. The van der Waals surface area contributed by atoms with Gasteiger partial charge in [-0.15, -0.1) is 17.7 Å². The van der Waals surface area contributed by atoms with Gasteiger partial charge in [0, 0.05) is 14.1 Å². The van der Waals surface area contributed by atoms with Crippen molar-refractivity contribution in [2.24, 2.45) is 0 Å². The molecular formula is C26H30Cl2N2Ti-2. The van der Waals surface area contributed by atoms with Gasteiger partial charge in [0.25, 0.3) is 0 Å². The molecule has 31 heavy (non-hydrogen) atoms. The minimum atomic E-state index is -0.556. The first-order valence-electron chi connectivity index (χ1n) is 10.1. The van der Waals surface area contributed by atoms with Crippen LogP contribution in [0.1, 0.15) is 41.7 Å². The Morgan fingerprint density at radius 2 is 1.61 bits per heavy atom. The largest absolute Gasteiger partial charge is 0.693 e. The van der Waals surface area contributed by atoms with Gasteiger partial charge in [-0.2, -0.15) is 12.5 Å². The normalized spacial score (nSPS) is 11.4. The Labute approximate surface area is 204 Å². The topological polar surface area (TPSA) is 36.7 Å². The predicted octanol–water partition coefficient (Wildman–Crippen LogP) is 8.12. The van der Waals surface area contributed by atoms with Gasteiger partial charge in [-0.25, -0.2) is 0 Å². The van der Waals surface area contributed by atoms with E-state index in [1.165, 1.54) is 39.1 Å². The maximum absolute atomic E-state index is 4.89. The average Bonchev–Trinajstić information content (AvgIpc) is 3.08. The Morgan fingerprint density at radius 1 is 0.968 bits per heavy atom. The fourth-order valence-electron chi connectivity index (χ4n) is 4.48. The van der Waals surface area contributed by atoms with Crippen LogP contribution in [0.4, 0.5) is 5.69 Å². The molecule has 0 heterocycles. The van der Waals surface area contributed by atoms with E-state index < -0.39 is 17.0 Å². The van der Waals surface area contributed by atoms with E-state index in [1.807, 2.05) is 0 Å². The van der Waals surface area contributed by atoms with Crippen LogP contribution < -0.4 is 4.90 Å². The third-order valence-electron chi connectivity index (χ3n) is 5.91. The Balaban J connectivity index is 0.000000808. The fourth-order valence-corrected chi connectivity index (χ4v) is 4.48. The molecule has 5 heteroatoms. The summed E-state index contributed by atoms with van der Waals surface area (Å²) >= 11 is -0.556. The molecule has 0 spiro atoms. The van der Waals surface area contributed by atoms with E-state index in [9.17, 15) is 0 Å². The Morgan fingerprint density at radius 3 is 2.26 bits per heavy atom. The average molecular weight is 489 g/mol. The number of rotatable bonds is 4. The van der Waals surface area contributed by atoms with Crippen molar-refractivity contribution in [2.75, 3.05) is 19.0 Å². The molecule has 0 aliphatic heterocycles. The van der Waals surface area contributed by atoms with Crippen LogP contribution in [0.3, 0.4) is 0 Å². The second-order valence-corrected chi connectivity index (χ2v) is 11.2. The van der Waals surface area contributed by atoms with E-state index in [-0.39, 0.29) is 11.6 Å². The number of fused-ring (bicyclic) bond motifs is 3. The smallest absolute Gasteiger partial charge is 0.693 e. The first-order chi connectivity index (χ1) is 14.3.